The van der Waals surface area contributed by atoms with Crippen molar-refractivity contribution in [3.63, 3.8) is 0 Å². The predicted molar refractivity (Wildman–Crippen MR) is 80.1 cm³/mol. The van der Waals surface area contributed by atoms with Crippen LogP contribution in [0.25, 0.3) is 21.8 Å². The highest BCUT2D eigenvalue weighted by Gasteiger charge is 2.29. The number of benzene rings is 2. The van der Waals surface area contributed by atoms with Crippen molar-refractivity contribution in [2.45, 2.75) is 25.4 Å². The second-order valence-corrected chi connectivity index (χ2v) is 5.65. The SMILES string of the molecule is NC(Cn1c2ccccc2c2ccccc21)C1CC1. The van der Waals surface area contributed by atoms with Crippen LogP contribution in [0.15, 0.2) is 48.5 Å². The van der Waals surface area contributed by atoms with Crippen molar-refractivity contribution in [3.05, 3.63) is 48.5 Å². The second-order valence-electron chi connectivity index (χ2n) is 5.65. The summed E-state index contributed by atoms with van der Waals surface area (Å²) in [6.45, 7) is 0.929. The van der Waals surface area contributed by atoms with E-state index in [2.05, 4.69) is 53.1 Å². The van der Waals surface area contributed by atoms with Crippen LogP contribution < -0.4 is 5.73 Å². The van der Waals surface area contributed by atoms with Crippen molar-refractivity contribution in [3.8, 4) is 0 Å². The van der Waals surface area contributed by atoms with Gasteiger partial charge in [-0.25, -0.2) is 0 Å². The van der Waals surface area contributed by atoms with E-state index >= 15 is 0 Å². The molecule has 96 valence electrons. The van der Waals surface area contributed by atoms with E-state index in [9.17, 15) is 0 Å². The third-order valence-corrected chi connectivity index (χ3v) is 4.30. The average Bonchev–Trinajstić information content (AvgIpc) is 3.26. The summed E-state index contributed by atoms with van der Waals surface area (Å²) in [6, 6.07) is 17.6. The molecule has 1 saturated carbocycles. The molecule has 0 radical (unpaired) electrons. The fourth-order valence-electron chi connectivity index (χ4n) is 3.08. The van der Waals surface area contributed by atoms with Gasteiger partial charge in [0.25, 0.3) is 0 Å². The number of nitrogens with two attached hydrogens (primary N) is 1. The first-order chi connectivity index (χ1) is 9.34. The first kappa shape index (κ1) is 11.1. The lowest BCUT2D eigenvalue weighted by atomic mass is 10.2. The minimum atomic E-state index is 0.291. The van der Waals surface area contributed by atoms with E-state index in [1.165, 1.54) is 34.6 Å². The fourth-order valence-corrected chi connectivity index (χ4v) is 3.08. The van der Waals surface area contributed by atoms with Crippen LogP contribution in [0.1, 0.15) is 12.8 Å². The molecular formula is C17H18N2. The van der Waals surface area contributed by atoms with E-state index < -0.39 is 0 Å². The Kier molecular flexibility index (Phi) is 2.39. The van der Waals surface area contributed by atoms with Crippen LogP contribution in [-0.2, 0) is 6.54 Å². The summed E-state index contributed by atoms with van der Waals surface area (Å²) in [7, 11) is 0. The average molecular weight is 250 g/mol. The van der Waals surface area contributed by atoms with Gasteiger partial charge in [0.2, 0.25) is 0 Å². The fraction of sp³-hybridized carbons (Fsp3) is 0.294. The first-order valence-electron chi connectivity index (χ1n) is 7.06. The first-order valence-corrected chi connectivity index (χ1v) is 7.06. The minimum absolute atomic E-state index is 0.291. The quantitative estimate of drug-likeness (QED) is 0.757. The summed E-state index contributed by atoms with van der Waals surface area (Å²) in [5, 5.41) is 2.67. The van der Waals surface area contributed by atoms with Crippen molar-refractivity contribution < 1.29 is 0 Å². The van der Waals surface area contributed by atoms with Gasteiger partial charge in [0.1, 0.15) is 0 Å². The molecule has 0 aliphatic heterocycles. The molecular weight excluding hydrogens is 232 g/mol. The van der Waals surface area contributed by atoms with Gasteiger partial charge in [0.15, 0.2) is 0 Å². The molecule has 4 rings (SSSR count). The number of hydrogen-bond acceptors (Lipinski definition) is 1. The third kappa shape index (κ3) is 1.75. The Balaban J connectivity index is 1.94. The highest BCUT2D eigenvalue weighted by Crippen LogP contribution is 2.34. The predicted octanol–water partition coefficient (Wildman–Crippen LogP) is 3.53. The lowest BCUT2D eigenvalue weighted by Gasteiger charge is -2.13. The number of rotatable bonds is 3. The van der Waals surface area contributed by atoms with E-state index in [1.54, 1.807) is 0 Å². The summed E-state index contributed by atoms with van der Waals surface area (Å²) < 4.78 is 2.40. The standard InChI is InChI=1S/C17H18N2/c18-15(12-9-10-12)11-19-16-7-3-1-5-13(16)14-6-2-4-8-17(14)19/h1-8,12,15H,9-11,18H2. The van der Waals surface area contributed by atoms with E-state index in [4.69, 9.17) is 5.73 Å². The van der Waals surface area contributed by atoms with E-state index in [-0.39, 0.29) is 0 Å². The molecule has 2 N–H and O–H groups in total. The maximum atomic E-state index is 6.33. The summed E-state index contributed by atoms with van der Waals surface area (Å²) >= 11 is 0. The third-order valence-electron chi connectivity index (χ3n) is 4.30. The molecule has 1 aliphatic rings. The van der Waals surface area contributed by atoms with Crippen LogP contribution in [0.4, 0.5) is 0 Å². The Hall–Kier alpha value is -1.80. The minimum Gasteiger partial charge on any atom is -0.339 e. The van der Waals surface area contributed by atoms with Gasteiger partial charge >= 0.3 is 0 Å². The number of para-hydroxylation sites is 2. The molecule has 0 amide bonds. The maximum Gasteiger partial charge on any atom is 0.0491 e. The van der Waals surface area contributed by atoms with Crippen molar-refractivity contribution >= 4 is 21.8 Å². The molecule has 1 unspecified atom stereocenters. The van der Waals surface area contributed by atoms with Crippen molar-refractivity contribution in [1.82, 2.24) is 4.57 Å². The van der Waals surface area contributed by atoms with E-state index in [0.29, 0.717) is 6.04 Å². The molecule has 1 aliphatic carbocycles. The molecule has 2 heteroatoms. The van der Waals surface area contributed by atoms with E-state index in [0.717, 1.165) is 12.5 Å². The van der Waals surface area contributed by atoms with Crippen LogP contribution in [-0.4, -0.2) is 10.6 Å². The monoisotopic (exact) mass is 250 g/mol. The molecule has 2 aromatic carbocycles. The molecule has 19 heavy (non-hydrogen) atoms. The number of nitrogens with zero attached hydrogens (tertiary/aromatic N) is 1. The largest absolute Gasteiger partial charge is 0.339 e. The number of fused-ring (bicyclic) bond motifs is 3. The van der Waals surface area contributed by atoms with Crippen LogP contribution >= 0.6 is 0 Å². The van der Waals surface area contributed by atoms with Crippen LogP contribution in [0.2, 0.25) is 0 Å². The Morgan fingerprint density at radius 1 is 0.947 bits per heavy atom. The lowest BCUT2D eigenvalue weighted by Crippen LogP contribution is -2.28. The smallest absolute Gasteiger partial charge is 0.0491 e. The summed E-state index contributed by atoms with van der Waals surface area (Å²) in [5.41, 5.74) is 8.94. The van der Waals surface area contributed by atoms with E-state index in [1.807, 2.05) is 0 Å². The van der Waals surface area contributed by atoms with Gasteiger partial charge in [-0.05, 0) is 30.9 Å². The van der Waals surface area contributed by atoms with Crippen LogP contribution in [0, 0.1) is 5.92 Å². The normalized spacial score (nSPS) is 17.1. The van der Waals surface area contributed by atoms with Gasteiger partial charge in [-0.15, -0.1) is 0 Å². The zero-order valence-corrected chi connectivity index (χ0v) is 10.9. The summed E-state index contributed by atoms with van der Waals surface area (Å²) in [6.07, 6.45) is 2.61. The van der Waals surface area contributed by atoms with Crippen molar-refractivity contribution in [1.29, 1.82) is 0 Å². The Morgan fingerprint density at radius 3 is 2.00 bits per heavy atom. The molecule has 1 aromatic heterocycles. The molecule has 1 fully saturated rings. The molecule has 2 nitrogen and oxygen atoms in total. The Labute approximate surface area is 112 Å². The van der Waals surface area contributed by atoms with Gasteiger partial charge in [-0.3, -0.25) is 0 Å². The topological polar surface area (TPSA) is 30.9 Å². The Morgan fingerprint density at radius 2 is 1.47 bits per heavy atom. The molecule has 0 spiro atoms. The number of aromatic nitrogens is 1. The molecule has 1 atom stereocenters. The van der Waals surface area contributed by atoms with Gasteiger partial charge in [0, 0.05) is 34.4 Å². The van der Waals surface area contributed by atoms with Gasteiger partial charge in [-0.2, -0.15) is 0 Å². The summed E-state index contributed by atoms with van der Waals surface area (Å²) in [5.74, 6) is 0.736. The highest BCUT2D eigenvalue weighted by atomic mass is 15.0. The van der Waals surface area contributed by atoms with Crippen LogP contribution in [0.5, 0.6) is 0 Å². The Bertz CT molecular complexity index is 684. The molecule has 3 aromatic rings. The number of hydrogen-bond donors (Lipinski definition) is 1. The molecule has 0 saturated heterocycles. The van der Waals surface area contributed by atoms with Gasteiger partial charge in [0.05, 0.1) is 0 Å². The zero-order chi connectivity index (χ0) is 12.8. The summed E-state index contributed by atoms with van der Waals surface area (Å²) in [4.78, 5) is 0. The van der Waals surface area contributed by atoms with Gasteiger partial charge in [-0.1, -0.05) is 36.4 Å². The highest BCUT2D eigenvalue weighted by molar-refractivity contribution is 6.07. The van der Waals surface area contributed by atoms with Gasteiger partial charge < -0.3 is 10.3 Å². The van der Waals surface area contributed by atoms with Crippen molar-refractivity contribution in [2.75, 3.05) is 0 Å². The molecule has 1 heterocycles. The van der Waals surface area contributed by atoms with Crippen molar-refractivity contribution in [2.24, 2.45) is 11.7 Å². The lowest BCUT2D eigenvalue weighted by molar-refractivity contribution is 0.519. The second kappa shape index (κ2) is 4.10. The maximum absolute atomic E-state index is 6.33. The van der Waals surface area contributed by atoms with Crippen LogP contribution in [0.3, 0.4) is 0 Å². The molecule has 0 bridgehead atoms. The zero-order valence-electron chi connectivity index (χ0n) is 10.9.